The van der Waals surface area contributed by atoms with Gasteiger partial charge in [0.15, 0.2) is 0 Å². The fourth-order valence-electron chi connectivity index (χ4n) is 2.87. The van der Waals surface area contributed by atoms with E-state index < -0.39 is 33.9 Å². The topological polar surface area (TPSA) is 106 Å². The van der Waals surface area contributed by atoms with Crippen molar-refractivity contribution in [1.29, 1.82) is 0 Å². The van der Waals surface area contributed by atoms with Crippen LogP contribution in [-0.4, -0.2) is 45.0 Å². The Morgan fingerprint density at radius 2 is 2.14 bits per heavy atom. The van der Waals surface area contributed by atoms with Crippen molar-refractivity contribution in [2.75, 3.05) is 19.6 Å². The van der Waals surface area contributed by atoms with E-state index in [4.69, 9.17) is 9.15 Å². The van der Waals surface area contributed by atoms with E-state index >= 15 is 0 Å². The summed E-state index contributed by atoms with van der Waals surface area (Å²) in [5.74, 6) is -0.325. The van der Waals surface area contributed by atoms with Crippen LogP contribution in [0.25, 0.3) is 0 Å². The minimum absolute atomic E-state index is 0.249. The molecule has 28 heavy (non-hydrogen) atoms. The molecule has 1 unspecified atom stereocenters. The van der Waals surface area contributed by atoms with Crippen molar-refractivity contribution in [3.05, 3.63) is 58.4 Å². The van der Waals surface area contributed by atoms with Gasteiger partial charge in [-0.15, -0.1) is 0 Å². The number of nitrogens with zero attached hydrogens (tertiary/aromatic N) is 1. The molecule has 1 saturated heterocycles. The summed E-state index contributed by atoms with van der Waals surface area (Å²) in [5.41, 5.74) is -0.521. The van der Waals surface area contributed by atoms with Crippen LogP contribution in [0.5, 0.6) is 5.75 Å². The summed E-state index contributed by atoms with van der Waals surface area (Å²) in [6, 6.07) is 7.34. The number of likely N-dealkylation sites (tertiary alicyclic amines) is 1. The first-order valence-electron chi connectivity index (χ1n) is 8.54. The molecule has 3 rings (SSSR count). The fraction of sp³-hybridized carbons (Fsp3) is 0.333. The maximum Gasteiger partial charge on any atom is 0.339 e. The predicted octanol–water partition coefficient (Wildman–Crippen LogP) is 1.05. The fourth-order valence-corrected chi connectivity index (χ4v) is 3.88. The molecular weight excluding hydrogens is 391 g/mol. The van der Waals surface area contributed by atoms with Crippen molar-refractivity contribution in [2.24, 2.45) is 0 Å². The average Bonchev–Trinajstić information content (AvgIpc) is 3.07. The van der Waals surface area contributed by atoms with Crippen LogP contribution in [-0.2, 0) is 14.8 Å². The Morgan fingerprint density at radius 1 is 1.36 bits per heavy atom. The van der Waals surface area contributed by atoms with Crippen LogP contribution in [0.3, 0.4) is 0 Å². The van der Waals surface area contributed by atoms with Crippen molar-refractivity contribution in [2.45, 2.75) is 24.3 Å². The van der Waals surface area contributed by atoms with E-state index in [-0.39, 0.29) is 17.5 Å². The van der Waals surface area contributed by atoms with Crippen molar-refractivity contribution in [1.82, 2.24) is 9.62 Å². The standard InChI is InChI=1S/C18H19FN2O6S/c1-12-7-15(9-18(23)26-12)27-14-5-6-21(11-14)17(22)10-20-28(24,25)16-4-2-3-13(19)8-16/h2-4,7-9,14,20H,5-6,10-11H2,1H3. The van der Waals surface area contributed by atoms with E-state index in [1.54, 1.807) is 13.0 Å². The Bertz CT molecular complexity index is 1040. The van der Waals surface area contributed by atoms with Gasteiger partial charge in [-0.1, -0.05) is 6.07 Å². The Kier molecular flexibility index (Phi) is 5.80. The van der Waals surface area contributed by atoms with E-state index in [0.29, 0.717) is 24.5 Å². The number of nitrogens with one attached hydrogen (secondary N) is 1. The third-order valence-electron chi connectivity index (χ3n) is 4.19. The lowest BCUT2D eigenvalue weighted by Crippen LogP contribution is -2.39. The highest BCUT2D eigenvalue weighted by molar-refractivity contribution is 7.89. The number of carbonyl (C=O) groups excluding carboxylic acids is 1. The third-order valence-corrected chi connectivity index (χ3v) is 5.59. The molecule has 1 amide bonds. The number of benzene rings is 1. The third kappa shape index (κ3) is 4.96. The second-order valence-corrected chi connectivity index (χ2v) is 8.14. The van der Waals surface area contributed by atoms with Crippen molar-refractivity contribution >= 4 is 15.9 Å². The van der Waals surface area contributed by atoms with Gasteiger partial charge >= 0.3 is 5.63 Å². The second kappa shape index (κ2) is 8.11. The van der Waals surface area contributed by atoms with E-state index in [1.165, 1.54) is 23.1 Å². The van der Waals surface area contributed by atoms with Crippen LogP contribution in [0.1, 0.15) is 12.2 Å². The molecule has 0 radical (unpaired) electrons. The maximum atomic E-state index is 13.2. The van der Waals surface area contributed by atoms with E-state index in [2.05, 4.69) is 4.72 Å². The molecule has 150 valence electrons. The van der Waals surface area contributed by atoms with Gasteiger partial charge in [-0.3, -0.25) is 4.79 Å². The van der Waals surface area contributed by atoms with Crippen molar-refractivity contribution in [3.8, 4) is 5.75 Å². The first-order valence-corrected chi connectivity index (χ1v) is 10.0. The minimum atomic E-state index is -3.99. The minimum Gasteiger partial charge on any atom is -0.488 e. The maximum absolute atomic E-state index is 13.2. The number of halogens is 1. The van der Waals surface area contributed by atoms with Crippen LogP contribution in [0.2, 0.25) is 0 Å². The summed E-state index contributed by atoms with van der Waals surface area (Å²) in [6.07, 6.45) is 0.228. The largest absolute Gasteiger partial charge is 0.488 e. The van der Waals surface area contributed by atoms with Crippen LogP contribution < -0.4 is 15.1 Å². The molecule has 1 aliphatic heterocycles. The van der Waals surface area contributed by atoms with Gasteiger partial charge in [-0.2, -0.15) is 0 Å². The number of amides is 1. The monoisotopic (exact) mass is 410 g/mol. The summed E-state index contributed by atoms with van der Waals surface area (Å²) in [6.45, 7) is 1.84. The van der Waals surface area contributed by atoms with Gasteiger partial charge in [-0.25, -0.2) is 22.3 Å². The van der Waals surface area contributed by atoms with Gasteiger partial charge in [-0.05, 0) is 25.1 Å². The first-order chi connectivity index (χ1) is 13.2. The highest BCUT2D eigenvalue weighted by Crippen LogP contribution is 2.18. The summed E-state index contributed by atoms with van der Waals surface area (Å²) >= 11 is 0. The molecule has 1 aromatic carbocycles. The summed E-state index contributed by atoms with van der Waals surface area (Å²) in [7, 11) is -3.99. The Balaban J connectivity index is 1.55. The zero-order valence-corrected chi connectivity index (χ0v) is 15.9. The lowest BCUT2D eigenvalue weighted by atomic mass is 10.3. The van der Waals surface area contributed by atoms with Crippen LogP contribution in [0, 0.1) is 12.7 Å². The number of rotatable bonds is 6. The summed E-state index contributed by atoms with van der Waals surface area (Å²) in [4.78, 5) is 24.9. The zero-order valence-electron chi connectivity index (χ0n) is 15.1. The molecule has 1 atom stereocenters. The smallest absolute Gasteiger partial charge is 0.339 e. The van der Waals surface area contributed by atoms with Crippen LogP contribution in [0.15, 0.2) is 50.5 Å². The molecule has 1 fully saturated rings. The number of aryl methyl sites for hydroxylation is 1. The molecule has 2 heterocycles. The first kappa shape index (κ1) is 20.0. The molecule has 1 aromatic heterocycles. The highest BCUT2D eigenvalue weighted by Gasteiger charge is 2.28. The molecule has 10 heteroatoms. The van der Waals surface area contributed by atoms with E-state index in [9.17, 15) is 22.4 Å². The van der Waals surface area contributed by atoms with Gasteiger partial charge in [0, 0.05) is 19.0 Å². The number of sulfonamides is 1. The summed E-state index contributed by atoms with van der Waals surface area (Å²) in [5, 5.41) is 0. The lowest BCUT2D eigenvalue weighted by molar-refractivity contribution is -0.129. The SMILES string of the molecule is Cc1cc(OC2CCN(C(=O)CNS(=O)(=O)c3cccc(F)c3)C2)cc(=O)o1. The van der Waals surface area contributed by atoms with Crippen LogP contribution >= 0.6 is 0 Å². The molecule has 0 aliphatic carbocycles. The molecular formula is C18H19FN2O6S. The highest BCUT2D eigenvalue weighted by atomic mass is 32.2. The normalized spacial score (nSPS) is 16.9. The summed E-state index contributed by atoms with van der Waals surface area (Å²) < 4.78 is 50.3. The number of carbonyl (C=O) groups is 1. The number of hydrogen-bond donors (Lipinski definition) is 1. The van der Waals surface area contributed by atoms with Gasteiger partial charge in [0.2, 0.25) is 15.9 Å². The Morgan fingerprint density at radius 3 is 2.86 bits per heavy atom. The van der Waals surface area contributed by atoms with Crippen molar-refractivity contribution < 1.29 is 26.8 Å². The van der Waals surface area contributed by atoms with Crippen LogP contribution in [0.4, 0.5) is 4.39 Å². The van der Waals surface area contributed by atoms with Gasteiger partial charge in [0.25, 0.3) is 0 Å². The lowest BCUT2D eigenvalue weighted by Gasteiger charge is -2.17. The Hall–Kier alpha value is -2.72. The second-order valence-electron chi connectivity index (χ2n) is 6.37. The number of ether oxygens (including phenoxy) is 1. The molecule has 1 aliphatic rings. The molecule has 0 spiro atoms. The number of hydrogen-bond acceptors (Lipinski definition) is 6. The molecule has 2 aromatic rings. The predicted molar refractivity (Wildman–Crippen MR) is 96.9 cm³/mol. The van der Waals surface area contributed by atoms with E-state index in [0.717, 1.165) is 12.1 Å². The molecule has 8 nitrogen and oxygen atoms in total. The van der Waals surface area contributed by atoms with Gasteiger partial charge < -0.3 is 14.1 Å². The molecule has 1 N–H and O–H groups in total. The Labute approximate surface area is 161 Å². The molecule has 0 saturated carbocycles. The molecule has 0 bridgehead atoms. The van der Waals surface area contributed by atoms with Gasteiger partial charge in [0.05, 0.1) is 24.1 Å². The average molecular weight is 410 g/mol. The van der Waals surface area contributed by atoms with Crippen molar-refractivity contribution in [3.63, 3.8) is 0 Å². The van der Waals surface area contributed by atoms with Gasteiger partial charge in [0.1, 0.15) is 23.4 Å². The zero-order chi connectivity index (χ0) is 20.3. The quantitative estimate of drug-likeness (QED) is 0.763. The van der Waals surface area contributed by atoms with E-state index in [1.807, 2.05) is 0 Å².